The van der Waals surface area contributed by atoms with Gasteiger partial charge in [-0.15, -0.1) is 0 Å². The number of phosphoric acid groups is 2. The summed E-state index contributed by atoms with van der Waals surface area (Å²) >= 11 is 0. The number of ether oxygens (including phenoxy) is 4. The molecule has 0 saturated heterocycles. The third kappa shape index (κ3) is 67.3. The number of aliphatic hydroxyl groups is 1. The van der Waals surface area contributed by atoms with Gasteiger partial charge in [0.2, 0.25) is 0 Å². The second kappa shape index (κ2) is 68.2. The number of carbonyl (C=O) groups excluding carboxylic acids is 4. The summed E-state index contributed by atoms with van der Waals surface area (Å²) in [4.78, 5) is 72.6. The van der Waals surface area contributed by atoms with Crippen molar-refractivity contribution >= 4 is 39.5 Å². The minimum Gasteiger partial charge on any atom is -0.462 e. The van der Waals surface area contributed by atoms with Crippen molar-refractivity contribution < 1.29 is 80.2 Å². The van der Waals surface area contributed by atoms with Crippen molar-refractivity contribution in [1.29, 1.82) is 0 Å². The van der Waals surface area contributed by atoms with Crippen LogP contribution in [-0.4, -0.2) is 96.7 Å². The van der Waals surface area contributed by atoms with Crippen molar-refractivity contribution in [3.8, 4) is 0 Å². The standard InChI is InChI=1S/C77H124O17P2/c1-5-9-13-17-21-25-29-33-35-39-41-45-49-53-57-61-74(79)87-67-72(93-76(81)63-59-55-51-47-43-37-31-27-23-19-15-11-7-3)69-91-95(83,84)89-65-71(78)66-90-96(85,86)92-70-73(94-77(82)64-60-56-52-48-44-38-32-28-24-20-16-12-8-4)68-88-75(80)62-58-54-50-46-42-40-36-34-30-26-22-18-14-10-6-2/h9-10,13-16,19-22,25-28,31-36,41-42,45-46,53,57,71-73,78H,5-8,11-12,17-18,23-24,29-30,37-40,43-44,47-52,54-56,58-70H2,1-4H3,(H,83,84)(H,85,86)/b13-9-,14-10-,19-15-,20-16-,25-21-,26-22-,31-27-,32-28-,35-33-,36-34-,45-41-,46-42-,57-53-. The van der Waals surface area contributed by atoms with Gasteiger partial charge in [-0.25, -0.2) is 9.13 Å². The minimum atomic E-state index is -5.00. The third-order valence-electron chi connectivity index (χ3n) is 14.0. The van der Waals surface area contributed by atoms with Crippen LogP contribution in [0.1, 0.15) is 246 Å². The van der Waals surface area contributed by atoms with Crippen LogP contribution in [-0.2, 0) is 65.4 Å². The quantitative estimate of drug-likeness (QED) is 0.0169. The number of aliphatic hydroxyl groups excluding tert-OH is 1. The van der Waals surface area contributed by atoms with E-state index in [9.17, 15) is 43.2 Å². The van der Waals surface area contributed by atoms with E-state index in [0.717, 1.165) is 167 Å². The molecular formula is C77H124O17P2. The molecule has 0 radical (unpaired) electrons. The molecule has 544 valence electrons. The van der Waals surface area contributed by atoms with E-state index in [2.05, 4.69) is 161 Å². The van der Waals surface area contributed by atoms with Crippen molar-refractivity contribution in [1.82, 2.24) is 0 Å². The van der Waals surface area contributed by atoms with Crippen LogP contribution in [0.2, 0.25) is 0 Å². The number of esters is 4. The molecule has 0 aromatic heterocycles. The summed E-state index contributed by atoms with van der Waals surface area (Å²) in [6.07, 6.45) is 77.2. The van der Waals surface area contributed by atoms with Gasteiger partial charge >= 0.3 is 39.5 Å². The van der Waals surface area contributed by atoms with Gasteiger partial charge < -0.3 is 33.8 Å². The molecule has 0 heterocycles. The van der Waals surface area contributed by atoms with Gasteiger partial charge in [-0.2, -0.15) is 0 Å². The summed E-state index contributed by atoms with van der Waals surface area (Å²) in [5.74, 6) is -2.42. The van der Waals surface area contributed by atoms with Gasteiger partial charge in [0.15, 0.2) is 12.2 Å². The van der Waals surface area contributed by atoms with E-state index in [1.165, 1.54) is 0 Å². The van der Waals surface area contributed by atoms with Crippen molar-refractivity contribution in [3.05, 3.63) is 158 Å². The Kier molecular flexibility index (Phi) is 64.4. The van der Waals surface area contributed by atoms with Crippen molar-refractivity contribution in [2.45, 2.75) is 264 Å². The van der Waals surface area contributed by atoms with Crippen LogP contribution in [0.25, 0.3) is 0 Å². The molecule has 0 rings (SSSR count). The Labute approximate surface area is 579 Å². The molecule has 5 atom stereocenters. The monoisotopic (exact) mass is 1380 g/mol. The highest BCUT2D eigenvalue weighted by Gasteiger charge is 2.30. The smallest absolute Gasteiger partial charge is 0.462 e. The Morgan fingerprint density at radius 1 is 0.312 bits per heavy atom. The van der Waals surface area contributed by atoms with E-state index in [4.69, 9.17) is 37.0 Å². The van der Waals surface area contributed by atoms with E-state index in [-0.39, 0.29) is 25.7 Å². The Morgan fingerprint density at radius 3 is 0.948 bits per heavy atom. The van der Waals surface area contributed by atoms with Crippen molar-refractivity contribution in [3.63, 3.8) is 0 Å². The SMILES string of the molecule is CC/C=C\C/C=C\C/C=C\C/C=C\C/C=C\CC(=O)OCC(COP(=O)(O)OCC(O)COP(=O)(O)OCC(COC(=O)CCCC/C=C\C/C=C\C/C=C\C/C=C\CC)OC(=O)CCCCCCC/C=C\C/C=C\CCC)OC(=O)CCCCCCC/C=C\C/C=C\CCC. The molecule has 3 N–H and O–H groups in total. The maximum absolute atomic E-state index is 13.0. The van der Waals surface area contributed by atoms with Crippen LogP contribution in [0, 0.1) is 0 Å². The molecular weight excluding hydrogens is 1260 g/mol. The van der Waals surface area contributed by atoms with E-state index < -0.39 is 97.5 Å². The topological polar surface area (TPSA) is 237 Å². The summed E-state index contributed by atoms with van der Waals surface area (Å²) < 4.78 is 68.1. The highest BCUT2D eigenvalue weighted by atomic mass is 31.2. The minimum absolute atomic E-state index is 0.0528. The summed E-state index contributed by atoms with van der Waals surface area (Å²) in [6, 6.07) is 0. The molecule has 0 fully saturated rings. The molecule has 0 amide bonds. The van der Waals surface area contributed by atoms with E-state index in [1.807, 2.05) is 18.2 Å². The first-order valence-corrected chi connectivity index (χ1v) is 38.7. The zero-order valence-corrected chi connectivity index (χ0v) is 60.8. The predicted octanol–water partition coefficient (Wildman–Crippen LogP) is 20.1. The molecule has 19 heteroatoms. The molecule has 0 aliphatic rings. The van der Waals surface area contributed by atoms with Gasteiger partial charge in [-0.3, -0.25) is 37.3 Å². The molecule has 17 nitrogen and oxygen atoms in total. The van der Waals surface area contributed by atoms with Gasteiger partial charge in [0.1, 0.15) is 19.3 Å². The second-order valence-corrected chi connectivity index (χ2v) is 26.0. The van der Waals surface area contributed by atoms with Gasteiger partial charge in [0.05, 0.1) is 32.8 Å². The summed E-state index contributed by atoms with van der Waals surface area (Å²) in [5, 5.41) is 10.6. The highest BCUT2D eigenvalue weighted by molar-refractivity contribution is 7.47. The van der Waals surface area contributed by atoms with Crippen LogP contribution in [0.4, 0.5) is 0 Å². The van der Waals surface area contributed by atoms with Gasteiger partial charge in [0, 0.05) is 19.3 Å². The number of carbonyl (C=O) groups is 4. The lowest BCUT2D eigenvalue weighted by molar-refractivity contribution is -0.161. The summed E-state index contributed by atoms with van der Waals surface area (Å²) in [7, 11) is -10.00. The maximum atomic E-state index is 13.0. The van der Waals surface area contributed by atoms with Crippen LogP contribution >= 0.6 is 15.6 Å². The first-order chi connectivity index (χ1) is 46.7. The summed E-state index contributed by atoms with van der Waals surface area (Å²) in [6.45, 7) is 4.27. The molecule has 0 bridgehead atoms. The van der Waals surface area contributed by atoms with Gasteiger partial charge in [-0.05, 0) is 141 Å². The van der Waals surface area contributed by atoms with E-state index >= 15 is 0 Å². The Morgan fingerprint density at radius 2 is 0.583 bits per heavy atom. The zero-order valence-electron chi connectivity index (χ0n) is 59.0. The fraction of sp³-hybridized carbons (Fsp3) is 0.610. The van der Waals surface area contributed by atoms with Gasteiger partial charge in [-0.1, -0.05) is 237 Å². The molecule has 0 spiro atoms. The Hall–Kier alpha value is -5.32. The van der Waals surface area contributed by atoms with Crippen LogP contribution < -0.4 is 0 Å². The highest BCUT2D eigenvalue weighted by Crippen LogP contribution is 2.45. The molecule has 0 aliphatic heterocycles. The maximum Gasteiger partial charge on any atom is 0.472 e. The normalized spacial score (nSPS) is 14.9. The lowest BCUT2D eigenvalue weighted by Gasteiger charge is -2.21. The number of hydrogen-bond donors (Lipinski definition) is 3. The molecule has 96 heavy (non-hydrogen) atoms. The van der Waals surface area contributed by atoms with Crippen LogP contribution in [0.3, 0.4) is 0 Å². The lowest BCUT2D eigenvalue weighted by atomic mass is 10.1. The fourth-order valence-electron chi connectivity index (χ4n) is 8.59. The van der Waals surface area contributed by atoms with E-state index in [0.29, 0.717) is 25.7 Å². The third-order valence-corrected chi connectivity index (χ3v) is 15.9. The van der Waals surface area contributed by atoms with Crippen LogP contribution in [0.5, 0.6) is 0 Å². The number of allylic oxidation sites excluding steroid dienone is 25. The average Bonchev–Trinajstić information content (AvgIpc) is 1.14. The first-order valence-electron chi connectivity index (χ1n) is 35.7. The second-order valence-electron chi connectivity index (χ2n) is 23.1. The largest absolute Gasteiger partial charge is 0.472 e. The van der Waals surface area contributed by atoms with Gasteiger partial charge in [0.25, 0.3) is 0 Å². The number of hydrogen-bond acceptors (Lipinski definition) is 15. The Balaban J connectivity index is 5.48. The van der Waals surface area contributed by atoms with Crippen molar-refractivity contribution in [2.24, 2.45) is 0 Å². The fourth-order valence-corrected chi connectivity index (χ4v) is 10.2. The molecule has 0 aromatic carbocycles. The zero-order chi connectivity index (χ0) is 70.4. The summed E-state index contributed by atoms with van der Waals surface area (Å²) in [5.41, 5.74) is 0. The molecule has 5 unspecified atom stereocenters. The lowest BCUT2D eigenvalue weighted by Crippen LogP contribution is -2.30. The average molecular weight is 1380 g/mol. The molecule has 0 aromatic rings. The van der Waals surface area contributed by atoms with Crippen LogP contribution in [0.15, 0.2) is 158 Å². The number of rotatable bonds is 65. The molecule has 0 aliphatic carbocycles. The number of phosphoric ester groups is 2. The first kappa shape index (κ1) is 90.7. The number of unbranched alkanes of at least 4 members (excludes halogenated alkanes) is 14. The van der Waals surface area contributed by atoms with Crippen molar-refractivity contribution in [2.75, 3.05) is 39.6 Å². The Bertz CT molecular complexity index is 2450. The predicted molar refractivity (Wildman–Crippen MR) is 390 cm³/mol. The molecule has 0 saturated carbocycles. The van der Waals surface area contributed by atoms with E-state index in [1.54, 1.807) is 6.08 Å².